The molecule has 16 heavy (non-hydrogen) atoms. The van der Waals surface area contributed by atoms with Crippen LogP contribution in [0.1, 0.15) is 27.7 Å². The first kappa shape index (κ1) is 14.9. The first-order valence-electron chi connectivity index (χ1n) is 5.49. The van der Waals surface area contributed by atoms with Gasteiger partial charge in [0, 0.05) is 6.54 Å². The van der Waals surface area contributed by atoms with E-state index in [0.717, 1.165) is 0 Å². The molecule has 0 bridgehead atoms. The van der Waals surface area contributed by atoms with Crippen LogP contribution in [0.3, 0.4) is 0 Å². The molecule has 0 saturated heterocycles. The van der Waals surface area contributed by atoms with Gasteiger partial charge in [-0.05, 0) is 27.3 Å². The summed E-state index contributed by atoms with van der Waals surface area (Å²) in [6, 6.07) is -0.287. The van der Waals surface area contributed by atoms with Gasteiger partial charge in [0.25, 0.3) is 0 Å². The summed E-state index contributed by atoms with van der Waals surface area (Å²) in [6.07, 6.45) is 5.07. The number of rotatable bonds is 6. The summed E-state index contributed by atoms with van der Waals surface area (Å²) in [4.78, 5) is 13.6. The van der Waals surface area contributed by atoms with Crippen LogP contribution in [-0.2, 0) is 4.79 Å². The smallest absolute Gasteiger partial charge is 0.237 e. The molecule has 0 aliphatic heterocycles. The van der Waals surface area contributed by atoms with Gasteiger partial charge in [-0.1, -0.05) is 12.8 Å². The molecule has 0 heterocycles. The zero-order valence-electron chi connectivity index (χ0n) is 10.6. The number of nitrogens with one attached hydrogen (secondary N) is 1. The summed E-state index contributed by atoms with van der Waals surface area (Å²) in [7, 11) is 0. The van der Waals surface area contributed by atoms with Gasteiger partial charge in [-0.2, -0.15) is 0 Å². The molecule has 0 aliphatic rings. The van der Waals surface area contributed by atoms with E-state index in [-0.39, 0.29) is 18.5 Å². The second kappa shape index (κ2) is 6.51. The quantitative estimate of drug-likeness (QED) is 0.637. The number of terminal acetylenes is 1. The number of carbonyl (C=O) groups excluding carboxylic acids is 1. The molecule has 1 amide bonds. The Morgan fingerprint density at radius 1 is 1.62 bits per heavy atom. The molecule has 4 heteroatoms. The fraction of sp³-hybridized carbons (Fsp3) is 0.750. The number of carbonyl (C=O) groups is 1. The fourth-order valence-corrected chi connectivity index (χ4v) is 1.47. The standard InChI is InChI=1S/C12H22N2O2/c1-6-8-13-11(15)10(3)14(7-2)9-12(4,5)16/h1,10,16H,7-9H2,2-5H3,(H,13,15). The zero-order valence-corrected chi connectivity index (χ0v) is 10.6. The largest absolute Gasteiger partial charge is 0.389 e. The van der Waals surface area contributed by atoms with Gasteiger partial charge in [-0.3, -0.25) is 9.69 Å². The SMILES string of the molecule is C#CCNC(=O)C(C)N(CC)CC(C)(C)O. The van der Waals surface area contributed by atoms with E-state index in [2.05, 4.69) is 11.2 Å². The van der Waals surface area contributed by atoms with Crippen molar-refractivity contribution in [3.8, 4) is 12.3 Å². The van der Waals surface area contributed by atoms with Crippen molar-refractivity contribution in [1.29, 1.82) is 0 Å². The first-order valence-corrected chi connectivity index (χ1v) is 5.49. The normalized spacial score (nSPS) is 13.3. The van der Waals surface area contributed by atoms with Crippen molar-refractivity contribution in [3.05, 3.63) is 0 Å². The lowest BCUT2D eigenvalue weighted by Crippen LogP contribution is -2.49. The minimum Gasteiger partial charge on any atom is -0.389 e. The topological polar surface area (TPSA) is 52.6 Å². The summed E-state index contributed by atoms with van der Waals surface area (Å²) < 4.78 is 0. The van der Waals surface area contributed by atoms with Crippen LogP contribution in [0, 0.1) is 12.3 Å². The predicted octanol–water partition coefficient (Wildman–Crippen LogP) is 0.217. The molecular formula is C12H22N2O2. The lowest BCUT2D eigenvalue weighted by atomic mass is 10.1. The average Bonchev–Trinajstić information content (AvgIpc) is 2.20. The third-order valence-electron chi connectivity index (χ3n) is 2.29. The van der Waals surface area contributed by atoms with E-state index in [0.29, 0.717) is 13.1 Å². The molecule has 0 radical (unpaired) electrons. The van der Waals surface area contributed by atoms with Gasteiger partial charge in [0.2, 0.25) is 5.91 Å². The van der Waals surface area contributed by atoms with Crippen LogP contribution in [0.2, 0.25) is 0 Å². The second-order valence-electron chi connectivity index (χ2n) is 4.47. The lowest BCUT2D eigenvalue weighted by molar-refractivity contribution is -0.126. The van der Waals surface area contributed by atoms with Crippen LogP contribution in [0.15, 0.2) is 0 Å². The van der Waals surface area contributed by atoms with Gasteiger partial charge in [-0.25, -0.2) is 0 Å². The van der Waals surface area contributed by atoms with E-state index in [4.69, 9.17) is 6.42 Å². The summed E-state index contributed by atoms with van der Waals surface area (Å²) in [6.45, 7) is 8.60. The molecule has 0 aromatic heterocycles. The molecule has 0 aromatic carbocycles. The van der Waals surface area contributed by atoms with Crippen LogP contribution in [-0.4, -0.2) is 47.2 Å². The molecule has 0 saturated carbocycles. The van der Waals surface area contributed by atoms with Crippen molar-refractivity contribution in [1.82, 2.24) is 10.2 Å². The van der Waals surface area contributed by atoms with E-state index in [9.17, 15) is 9.90 Å². The molecule has 92 valence electrons. The maximum atomic E-state index is 11.7. The van der Waals surface area contributed by atoms with Gasteiger partial charge in [0.15, 0.2) is 0 Å². The molecule has 0 spiro atoms. The van der Waals surface area contributed by atoms with Crippen LogP contribution < -0.4 is 5.32 Å². The third-order valence-corrected chi connectivity index (χ3v) is 2.29. The van der Waals surface area contributed by atoms with Gasteiger partial charge in [-0.15, -0.1) is 6.42 Å². The number of amides is 1. The number of nitrogens with zero attached hydrogens (tertiary/aromatic N) is 1. The molecule has 0 fully saturated rings. The number of likely N-dealkylation sites (N-methyl/N-ethyl adjacent to an activating group) is 1. The predicted molar refractivity (Wildman–Crippen MR) is 64.8 cm³/mol. The van der Waals surface area contributed by atoms with Gasteiger partial charge in [0.05, 0.1) is 18.2 Å². The highest BCUT2D eigenvalue weighted by molar-refractivity contribution is 5.81. The Morgan fingerprint density at radius 3 is 2.56 bits per heavy atom. The van der Waals surface area contributed by atoms with Crippen molar-refractivity contribution in [2.24, 2.45) is 0 Å². The van der Waals surface area contributed by atoms with Crippen molar-refractivity contribution >= 4 is 5.91 Å². The van der Waals surface area contributed by atoms with E-state index < -0.39 is 5.60 Å². The molecule has 0 rings (SSSR count). The Balaban J connectivity index is 4.36. The Morgan fingerprint density at radius 2 is 2.19 bits per heavy atom. The zero-order chi connectivity index (χ0) is 12.8. The minimum absolute atomic E-state index is 0.107. The molecule has 1 unspecified atom stereocenters. The highest BCUT2D eigenvalue weighted by Crippen LogP contribution is 2.08. The number of aliphatic hydroxyl groups is 1. The second-order valence-corrected chi connectivity index (χ2v) is 4.47. The minimum atomic E-state index is -0.809. The van der Waals surface area contributed by atoms with E-state index in [1.165, 1.54) is 0 Å². The molecule has 1 atom stereocenters. The molecule has 0 aromatic rings. The molecule has 0 aliphatic carbocycles. The van der Waals surface area contributed by atoms with Crippen LogP contribution in [0.4, 0.5) is 0 Å². The summed E-state index contributed by atoms with van der Waals surface area (Å²) in [5, 5.41) is 12.4. The summed E-state index contributed by atoms with van der Waals surface area (Å²) in [5.41, 5.74) is -0.809. The lowest BCUT2D eigenvalue weighted by Gasteiger charge is -2.31. The maximum Gasteiger partial charge on any atom is 0.237 e. The summed E-state index contributed by atoms with van der Waals surface area (Å²) in [5.74, 6) is 2.25. The van der Waals surface area contributed by atoms with Gasteiger partial charge in [0.1, 0.15) is 0 Å². The van der Waals surface area contributed by atoms with E-state index in [1.807, 2.05) is 11.8 Å². The molecule has 2 N–H and O–H groups in total. The number of hydrogen-bond donors (Lipinski definition) is 2. The highest BCUT2D eigenvalue weighted by Gasteiger charge is 2.24. The Hall–Kier alpha value is -1.05. The maximum absolute atomic E-state index is 11.7. The third kappa shape index (κ3) is 5.74. The van der Waals surface area contributed by atoms with Crippen molar-refractivity contribution in [2.45, 2.75) is 39.3 Å². The van der Waals surface area contributed by atoms with Gasteiger partial charge < -0.3 is 10.4 Å². The fourth-order valence-electron chi connectivity index (χ4n) is 1.47. The average molecular weight is 226 g/mol. The van der Waals surface area contributed by atoms with Crippen molar-refractivity contribution in [2.75, 3.05) is 19.6 Å². The monoisotopic (exact) mass is 226 g/mol. The molecule has 4 nitrogen and oxygen atoms in total. The van der Waals surface area contributed by atoms with Crippen LogP contribution in [0.5, 0.6) is 0 Å². The Bertz CT molecular complexity index is 263. The van der Waals surface area contributed by atoms with Crippen molar-refractivity contribution < 1.29 is 9.90 Å². The van der Waals surface area contributed by atoms with E-state index in [1.54, 1.807) is 20.8 Å². The molecular weight excluding hydrogens is 204 g/mol. The number of hydrogen-bond acceptors (Lipinski definition) is 3. The van der Waals surface area contributed by atoms with Crippen molar-refractivity contribution in [3.63, 3.8) is 0 Å². The first-order chi connectivity index (χ1) is 7.31. The summed E-state index contributed by atoms with van der Waals surface area (Å²) >= 11 is 0. The van der Waals surface area contributed by atoms with Crippen LogP contribution >= 0.6 is 0 Å². The van der Waals surface area contributed by atoms with Gasteiger partial charge >= 0.3 is 0 Å². The Kier molecular flexibility index (Phi) is 6.09. The Labute approximate surface area is 98.0 Å². The van der Waals surface area contributed by atoms with E-state index >= 15 is 0 Å². The highest BCUT2D eigenvalue weighted by atomic mass is 16.3. The van der Waals surface area contributed by atoms with Crippen LogP contribution in [0.25, 0.3) is 0 Å².